The van der Waals surface area contributed by atoms with Gasteiger partial charge >= 0.3 is 0 Å². The molecule has 0 amide bonds. The maximum Gasteiger partial charge on any atom is 0.244 e. The fourth-order valence-electron chi connectivity index (χ4n) is 2.79. The van der Waals surface area contributed by atoms with Gasteiger partial charge in [-0.15, -0.1) is 0 Å². The van der Waals surface area contributed by atoms with E-state index in [4.69, 9.17) is 21.1 Å². The third-order valence-electron chi connectivity index (χ3n) is 4.01. The highest BCUT2D eigenvalue weighted by atomic mass is 35.5. The highest BCUT2D eigenvalue weighted by Crippen LogP contribution is 2.37. The molecule has 0 saturated heterocycles. The number of sulfonamides is 1. The Morgan fingerprint density at radius 1 is 1.13 bits per heavy atom. The minimum atomic E-state index is -3.60. The van der Waals surface area contributed by atoms with Gasteiger partial charge in [-0.2, -0.15) is 4.31 Å². The Balaban J connectivity index is 1.66. The van der Waals surface area contributed by atoms with E-state index in [0.717, 1.165) is 16.9 Å². The van der Waals surface area contributed by atoms with Crippen molar-refractivity contribution < 1.29 is 17.9 Å². The third kappa shape index (κ3) is 2.54. The first-order valence-corrected chi connectivity index (χ1v) is 8.89. The molecule has 2 aromatic rings. The van der Waals surface area contributed by atoms with Crippen LogP contribution < -0.4 is 9.47 Å². The molecular formula is C15H13ClN2O4S. The number of halogens is 1. The lowest BCUT2D eigenvalue weighted by Crippen LogP contribution is -2.36. The second-order valence-electron chi connectivity index (χ2n) is 5.38. The molecule has 0 unspecified atom stereocenters. The SMILES string of the molecule is O=S(=O)(c1ccc(Cl)nc1)N1CCc2cc3c(cc2C1)OCO3. The molecule has 0 fully saturated rings. The van der Waals surface area contributed by atoms with Crippen LogP contribution in [0.25, 0.3) is 0 Å². The van der Waals surface area contributed by atoms with Crippen molar-refractivity contribution in [3.63, 3.8) is 0 Å². The summed E-state index contributed by atoms with van der Waals surface area (Å²) in [4.78, 5) is 4.00. The summed E-state index contributed by atoms with van der Waals surface area (Å²) in [6.07, 6.45) is 1.92. The lowest BCUT2D eigenvalue weighted by Gasteiger charge is -2.28. The zero-order valence-electron chi connectivity index (χ0n) is 12.0. The summed E-state index contributed by atoms with van der Waals surface area (Å²) in [5, 5.41) is 0.264. The van der Waals surface area contributed by atoms with Gasteiger partial charge < -0.3 is 9.47 Å². The Hall–Kier alpha value is -1.83. The normalized spacial score (nSPS) is 17.1. The Kier molecular flexibility index (Phi) is 3.44. The summed E-state index contributed by atoms with van der Waals surface area (Å²) in [6, 6.07) is 6.75. The van der Waals surface area contributed by atoms with Crippen molar-refractivity contribution in [3.05, 3.63) is 46.7 Å². The molecule has 0 spiro atoms. The van der Waals surface area contributed by atoms with E-state index >= 15 is 0 Å². The number of ether oxygens (including phenoxy) is 2. The first-order valence-electron chi connectivity index (χ1n) is 7.07. The summed E-state index contributed by atoms with van der Waals surface area (Å²) in [6.45, 7) is 0.922. The van der Waals surface area contributed by atoms with Gasteiger partial charge in [0.1, 0.15) is 10.0 Å². The second-order valence-corrected chi connectivity index (χ2v) is 7.70. The van der Waals surface area contributed by atoms with E-state index in [1.807, 2.05) is 12.1 Å². The molecule has 1 aromatic heterocycles. The maximum absolute atomic E-state index is 12.7. The average molecular weight is 353 g/mol. The first kappa shape index (κ1) is 14.7. The van der Waals surface area contributed by atoms with Crippen molar-refractivity contribution in [2.24, 2.45) is 0 Å². The van der Waals surface area contributed by atoms with Crippen molar-refractivity contribution in [1.29, 1.82) is 0 Å². The van der Waals surface area contributed by atoms with E-state index in [2.05, 4.69) is 4.98 Å². The Morgan fingerprint density at radius 3 is 2.57 bits per heavy atom. The number of aromatic nitrogens is 1. The molecule has 0 N–H and O–H groups in total. The zero-order valence-corrected chi connectivity index (χ0v) is 13.6. The molecule has 6 nitrogen and oxygen atoms in total. The number of nitrogens with zero attached hydrogens (tertiary/aromatic N) is 2. The molecule has 3 heterocycles. The predicted molar refractivity (Wildman–Crippen MR) is 83.1 cm³/mol. The molecule has 8 heteroatoms. The van der Waals surface area contributed by atoms with E-state index in [9.17, 15) is 8.42 Å². The summed E-state index contributed by atoms with van der Waals surface area (Å²) in [5.41, 5.74) is 2.03. The lowest BCUT2D eigenvalue weighted by molar-refractivity contribution is 0.174. The molecule has 0 saturated carbocycles. The molecule has 0 aliphatic carbocycles. The van der Waals surface area contributed by atoms with Crippen LogP contribution in [-0.2, 0) is 23.0 Å². The lowest BCUT2D eigenvalue weighted by atomic mass is 10.0. The maximum atomic E-state index is 12.7. The predicted octanol–water partition coefficient (Wildman–Crippen LogP) is 2.21. The van der Waals surface area contributed by atoms with Crippen LogP contribution in [-0.4, -0.2) is 31.0 Å². The Labute approximate surface area is 138 Å². The highest BCUT2D eigenvalue weighted by molar-refractivity contribution is 7.89. The molecular weight excluding hydrogens is 340 g/mol. The highest BCUT2D eigenvalue weighted by Gasteiger charge is 2.30. The fraction of sp³-hybridized carbons (Fsp3) is 0.267. The molecule has 1 aromatic carbocycles. The monoisotopic (exact) mass is 352 g/mol. The first-order chi connectivity index (χ1) is 11.0. The minimum absolute atomic E-state index is 0.145. The largest absolute Gasteiger partial charge is 0.454 e. The van der Waals surface area contributed by atoms with Gasteiger partial charge in [-0.25, -0.2) is 13.4 Å². The van der Waals surface area contributed by atoms with Crippen LogP contribution in [0.2, 0.25) is 5.15 Å². The molecule has 120 valence electrons. The molecule has 0 radical (unpaired) electrons. The topological polar surface area (TPSA) is 68.7 Å². The average Bonchev–Trinajstić information content (AvgIpc) is 2.99. The zero-order chi connectivity index (χ0) is 16.0. The van der Waals surface area contributed by atoms with Gasteiger partial charge in [0.25, 0.3) is 0 Å². The van der Waals surface area contributed by atoms with E-state index in [-0.39, 0.29) is 16.8 Å². The Bertz CT molecular complexity index is 868. The number of fused-ring (bicyclic) bond motifs is 2. The van der Waals surface area contributed by atoms with Gasteiger partial charge in [-0.1, -0.05) is 11.6 Å². The summed E-state index contributed by atoms with van der Waals surface area (Å²) in [5.74, 6) is 1.39. The molecule has 4 rings (SSSR count). The molecule has 2 aliphatic rings. The van der Waals surface area contributed by atoms with E-state index in [1.54, 1.807) is 0 Å². The molecule has 2 aliphatic heterocycles. The molecule has 0 atom stereocenters. The van der Waals surface area contributed by atoms with Crippen molar-refractivity contribution >= 4 is 21.6 Å². The van der Waals surface area contributed by atoms with Crippen LogP contribution in [0.3, 0.4) is 0 Å². The smallest absolute Gasteiger partial charge is 0.244 e. The number of hydrogen-bond donors (Lipinski definition) is 0. The minimum Gasteiger partial charge on any atom is -0.454 e. The second kappa shape index (κ2) is 5.36. The standard InChI is InChI=1S/C15H13ClN2O4S/c16-15-2-1-12(7-17-15)23(19,20)18-4-3-10-5-13-14(22-9-21-13)6-11(10)8-18/h1-2,5-7H,3-4,8-9H2. The van der Waals surface area contributed by atoms with Crippen molar-refractivity contribution in [2.45, 2.75) is 17.9 Å². The van der Waals surface area contributed by atoms with Gasteiger partial charge in [0.2, 0.25) is 16.8 Å². The van der Waals surface area contributed by atoms with Gasteiger partial charge in [0.15, 0.2) is 11.5 Å². The van der Waals surface area contributed by atoms with Gasteiger partial charge in [-0.05, 0) is 41.8 Å². The third-order valence-corrected chi connectivity index (χ3v) is 6.06. The summed E-state index contributed by atoms with van der Waals surface area (Å²) >= 11 is 5.72. The van der Waals surface area contributed by atoms with E-state index in [1.165, 1.54) is 22.6 Å². The van der Waals surface area contributed by atoms with Gasteiger partial charge in [0.05, 0.1) is 0 Å². The van der Waals surface area contributed by atoms with Crippen LogP contribution in [0.5, 0.6) is 11.5 Å². The quantitative estimate of drug-likeness (QED) is 0.775. The van der Waals surface area contributed by atoms with E-state index < -0.39 is 10.0 Å². The van der Waals surface area contributed by atoms with Gasteiger partial charge in [0, 0.05) is 19.3 Å². The van der Waals surface area contributed by atoms with E-state index in [0.29, 0.717) is 25.3 Å². The van der Waals surface area contributed by atoms with Crippen LogP contribution >= 0.6 is 11.6 Å². The fourth-order valence-corrected chi connectivity index (χ4v) is 4.27. The van der Waals surface area contributed by atoms with Crippen molar-refractivity contribution in [3.8, 4) is 11.5 Å². The van der Waals surface area contributed by atoms with Crippen LogP contribution in [0.4, 0.5) is 0 Å². The molecule has 0 bridgehead atoms. The number of rotatable bonds is 2. The molecule has 23 heavy (non-hydrogen) atoms. The van der Waals surface area contributed by atoms with Crippen LogP contribution in [0.1, 0.15) is 11.1 Å². The number of hydrogen-bond acceptors (Lipinski definition) is 5. The number of benzene rings is 1. The Morgan fingerprint density at radius 2 is 1.87 bits per heavy atom. The number of pyridine rings is 1. The van der Waals surface area contributed by atoms with Crippen LogP contribution in [0, 0.1) is 0 Å². The summed E-state index contributed by atoms with van der Waals surface area (Å²) < 4.78 is 37.6. The van der Waals surface area contributed by atoms with Crippen molar-refractivity contribution in [2.75, 3.05) is 13.3 Å². The van der Waals surface area contributed by atoms with Gasteiger partial charge in [-0.3, -0.25) is 0 Å². The van der Waals surface area contributed by atoms with Crippen LogP contribution in [0.15, 0.2) is 35.4 Å². The summed E-state index contributed by atoms with van der Waals surface area (Å²) in [7, 11) is -3.60. The van der Waals surface area contributed by atoms with Crippen molar-refractivity contribution in [1.82, 2.24) is 9.29 Å².